The molecule has 1 N–H and O–H groups in total. The van der Waals surface area contributed by atoms with Gasteiger partial charge in [0.2, 0.25) is 0 Å². The average molecular weight is 424 g/mol. The van der Waals surface area contributed by atoms with Crippen LogP contribution in [0, 0.1) is 0 Å². The number of carbonyl (C=O) groups excluding carboxylic acids is 1. The van der Waals surface area contributed by atoms with Crippen LogP contribution in [0.5, 0.6) is 0 Å². The minimum Gasteiger partial charge on any atom is -0.465 e. The van der Waals surface area contributed by atoms with Crippen LogP contribution in [0.1, 0.15) is 18.2 Å². The molecule has 1 aromatic heterocycles. The zero-order chi connectivity index (χ0) is 21.2. The quantitative estimate of drug-likeness (QED) is 0.395. The molecule has 0 amide bonds. The Bertz CT molecular complexity index is 1010. The number of thioether (sulfide) groups is 1. The summed E-state index contributed by atoms with van der Waals surface area (Å²) in [4.78, 5) is 30.5. The molecule has 0 aliphatic heterocycles. The number of ether oxygens (including phenoxy) is 1. The molecule has 0 radical (unpaired) electrons. The second kappa shape index (κ2) is 11.2. The van der Waals surface area contributed by atoms with Gasteiger partial charge in [0.15, 0.2) is 5.82 Å². The summed E-state index contributed by atoms with van der Waals surface area (Å²) in [5.41, 5.74) is 1.53. The smallest absolute Gasteiger partial charge is 0.326 e. The zero-order valence-electron chi connectivity index (χ0n) is 16.9. The van der Waals surface area contributed by atoms with Crippen molar-refractivity contribution >= 4 is 23.5 Å². The second-order valence-corrected chi connectivity index (χ2v) is 7.61. The van der Waals surface area contributed by atoms with E-state index in [0.717, 1.165) is 11.3 Å². The molecule has 30 heavy (non-hydrogen) atoms. The Hall–Kier alpha value is -3.06. The SMILES string of the molecule is CCOC(=O)Cn1c(CSc2ccccc2)cnc(NCCc2ccccc2)c1=O. The lowest BCUT2D eigenvalue weighted by Gasteiger charge is -2.14. The van der Waals surface area contributed by atoms with Gasteiger partial charge in [-0.25, -0.2) is 4.98 Å². The molecule has 156 valence electrons. The summed E-state index contributed by atoms with van der Waals surface area (Å²) in [5, 5.41) is 3.10. The van der Waals surface area contributed by atoms with Crippen LogP contribution in [-0.4, -0.2) is 28.7 Å². The van der Waals surface area contributed by atoms with Crippen LogP contribution in [-0.2, 0) is 28.2 Å². The van der Waals surface area contributed by atoms with Crippen molar-refractivity contribution in [2.45, 2.75) is 30.5 Å². The lowest BCUT2D eigenvalue weighted by molar-refractivity contribution is -0.143. The van der Waals surface area contributed by atoms with Crippen molar-refractivity contribution in [2.24, 2.45) is 0 Å². The summed E-state index contributed by atoms with van der Waals surface area (Å²) in [6, 6.07) is 19.9. The monoisotopic (exact) mass is 423 g/mol. The van der Waals surface area contributed by atoms with Crippen molar-refractivity contribution in [1.82, 2.24) is 9.55 Å². The van der Waals surface area contributed by atoms with Crippen LogP contribution in [0.4, 0.5) is 5.82 Å². The number of aromatic nitrogens is 2. The predicted molar refractivity (Wildman–Crippen MR) is 120 cm³/mol. The highest BCUT2D eigenvalue weighted by Crippen LogP contribution is 2.21. The molecule has 3 aromatic rings. The van der Waals surface area contributed by atoms with E-state index < -0.39 is 5.97 Å². The molecule has 2 aromatic carbocycles. The van der Waals surface area contributed by atoms with E-state index in [2.05, 4.69) is 10.3 Å². The van der Waals surface area contributed by atoms with Crippen LogP contribution >= 0.6 is 11.8 Å². The van der Waals surface area contributed by atoms with Gasteiger partial charge < -0.3 is 10.1 Å². The second-order valence-electron chi connectivity index (χ2n) is 6.56. The van der Waals surface area contributed by atoms with Crippen molar-refractivity contribution < 1.29 is 9.53 Å². The lowest BCUT2D eigenvalue weighted by Crippen LogP contribution is -2.31. The maximum absolute atomic E-state index is 13.0. The van der Waals surface area contributed by atoms with Gasteiger partial charge in [0.05, 0.1) is 12.3 Å². The molecule has 0 unspecified atom stereocenters. The number of nitrogens with one attached hydrogen (secondary N) is 1. The molecule has 0 saturated carbocycles. The van der Waals surface area contributed by atoms with E-state index in [4.69, 9.17) is 4.74 Å². The van der Waals surface area contributed by atoms with E-state index in [9.17, 15) is 9.59 Å². The van der Waals surface area contributed by atoms with E-state index in [0.29, 0.717) is 18.0 Å². The lowest BCUT2D eigenvalue weighted by atomic mass is 10.1. The molecule has 7 heteroatoms. The number of carbonyl (C=O) groups is 1. The van der Waals surface area contributed by atoms with Crippen molar-refractivity contribution in [3.05, 3.63) is 88.5 Å². The number of anilines is 1. The summed E-state index contributed by atoms with van der Waals surface area (Å²) in [7, 11) is 0. The Morgan fingerprint density at radius 2 is 1.80 bits per heavy atom. The molecule has 0 bridgehead atoms. The van der Waals surface area contributed by atoms with Crippen molar-refractivity contribution in [1.29, 1.82) is 0 Å². The maximum Gasteiger partial charge on any atom is 0.326 e. The highest BCUT2D eigenvalue weighted by molar-refractivity contribution is 7.98. The third-order valence-corrected chi connectivity index (χ3v) is 5.45. The van der Waals surface area contributed by atoms with Crippen LogP contribution in [0.15, 0.2) is 76.6 Å². The van der Waals surface area contributed by atoms with E-state index >= 15 is 0 Å². The molecule has 0 atom stereocenters. The Morgan fingerprint density at radius 1 is 1.10 bits per heavy atom. The molecule has 0 saturated heterocycles. The Balaban J connectivity index is 1.75. The van der Waals surface area contributed by atoms with E-state index in [-0.39, 0.29) is 24.5 Å². The average Bonchev–Trinajstić information content (AvgIpc) is 2.77. The fourth-order valence-corrected chi connectivity index (χ4v) is 3.81. The molecule has 0 aliphatic carbocycles. The third-order valence-electron chi connectivity index (χ3n) is 4.41. The van der Waals surface area contributed by atoms with Gasteiger partial charge in [-0.05, 0) is 31.0 Å². The number of nitrogens with zero attached hydrogens (tertiary/aromatic N) is 2. The Kier molecular flexibility index (Phi) is 8.09. The molecule has 3 rings (SSSR count). The molecular formula is C23H25N3O3S. The molecular weight excluding hydrogens is 398 g/mol. The van der Waals surface area contributed by atoms with Crippen molar-refractivity contribution in [2.75, 3.05) is 18.5 Å². The van der Waals surface area contributed by atoms with Crippen molar-refractivity contribution in [3.8, 4) is 0 Å². The van der Waals surface area contributed by atoms with Gasteiger partial charge in [0, 0.05) is 23.4 Å². The van der Waals surface area contributed by atoms with Crippen molar-refractivity contribution in [3.63, 3.8) is 0 Å². The first kappa shape index (κ1) is 21.6. The van der Waals surface area contributed by atoms with Gasteiger partial charge >= 0.3 is 5.97 Å². The highest BCUT2D eigenvalue weighted by atomic mass is 32.2. The minimum atomic E-state index is -0.438. The van der Waals surface area contributed by atoms with Gasteiger partial charge in [-0.2, -0.15) is 0 Å². The molecule has 0 aliphatic rings. The summed E-state index contributed by atoms with van der Waals surface area (Å²) in [5.74, 6) is 0.325. The third kappa shape index (κ3) is 6.22. The van der Waals surface area contributed by atoms with Crippen LogP contribution in [0.25, 0.3) is 0 Å². The standard InChI is InChI=1S/C23H25N3O3S/c1-2-29-21(27)16-26-19(17-30-20-11-7-4-8-12-20)15-25-22(23(26)28)24-14-13-18-9-5-3-6-10-18/h3-12,15H,2,13-14,16-17H2,1H3,(H,24,25). The fourth-order valence-electron chi connectivity index (χ4n) is 2.91. The number of esters is 1. The Morgan fingerprint density at radius 3 is 2.50 bits per heavy atom. The first-order chi connectivity index (χ1) is 14.7. The van der Waals surface area contributed by atoms with E-state index in [1.807, 2.05) is 60.7 Å². The zero-order valence-corrected chi connectivity index (χ0v) is 17.7. The number of hydrogen-bond donors (Lipinski definition) is 1. The minimum absolute atomic E-state index is 0.132. The number of benzene rings is 2. The van der Waals surface area contributed by atoms with Crippen LogP contribution < -0.4 is 10.9 Å². The first-order valence-electron chi connectivity index (χ1n) is 9.87. The van der Waals surface area contributed by atoms with Crippen LogP contribution in [0.3, 0.4) is 0 Å². The van der Waals surface area contributed by atoms with Gasteiger partial charge in [-0.1, -0.05) is 48.5 Å². The van der Waals surface area contributed by atoms with Gasteiger partial charge in [-0.3, -0.25) is 14.2 Å². The largest absolute Gasteiger partial charge is 0.465 e. The predicted octanol–water partition coefficient (Wildman–Crippen LogP) is 3.75. The van der Waals surface area contributed by atoms with Gasteiger partial charge in [0.1, 0.15) is 6.54 Å². The Labute approximate surface area is 180 Å². The van der Waals surface area contributed by atoms with Gasteiger partial charge in [-0.15, -0.1) is 11.8 Å². The number of hydrogen-bond acceptors (Lipinski definition) is 6. The number of rotatable bonds is 10. The summed E-state index contributed by atoms with van der Waals surface area (Å²) in [6.07, 6.45) is 2.42. The van der Waals surface area contributed by atoms with Gasteiger partial charge in [0.25, 0.3) is 5.56 Å². The summed E-state index contributed by atoms with van der Waals surface area (Å²) in [6.45, 7) is 2.46. The normalized spacial score (nSPS) is 10.6. The molecule has 1 heterocycles. The highest BCUT2D eigenvalue weighted by Gasteiger charge is 2.14. The maximum atomic E-state index is 13.0. The topological polar surface area (TPSA) is 73.2 Å². The molecule has 0 spiro atoms. The fraction of sp³-hybridized carbons (Fsp3) is 0.261. The molecule has 0 fully saturated rings. The van der Waals surface area contributed by atoms with Crippen LogP contribution in [0.2, 0.25) is 0 Å². The molecule has 6 nitrogen and oxygen atoms in total. The van der Waals surface area contributed by atoms with E-state index in [1.165, 1.54) is 10.1 Å². The first-order valence-corrected chi connectivity index (χ1v) is 10.9. The van der Waals surface area contributed by atoms with E-state index in [1.54, 1.807) is 24.9 Å². The summed E-state index contributed by atoms with van der Waals surface area (Å²) < 4.78 is 6.50. The summed E-state index contributed by atoms with van der Waals surface area (Å²) >= 11 is 1.59.